The van der Waals surface area contributed by atoms with Gasteiger partial charge in [-0.25, -0.2) is 9.67 Å². The van der Waals surface area contributed by atoms with E-state index in [4.69, 9.17) is 9.47 Å². The first kappa shape index (κ1) is 16.6. The molecule has 0 bridgehead atoms. The van der Waals surface area contributed by atoms with E-state index in [0.29, 0.717) is 19.1 Å². The van der Waals surface area contributed by atoms with Crippen molar-refractivity contribution in [1.29, 1.82) is 0 Å². The standard InChI is InChI=1S/C18H22N6O2/c1-12(2)8-15(18-19-11-20-23(18)3)24-10-14(21-22-24)13-4-5-16-17(9-13)26-7-6-25-16/h4-5,9-12,15H,6-8H2,1-3H3. The molecule has 3 heterocycles. The minimum Gasteiger partial charge on any atom is -0.486 e. The van der Waals surface area contributed by atoms with Gasteiger partial charge < -0.3 is 9.47 Å². The number of hydrogen-bond acceptors (Lipinski definition) is 6. The van der Waals surface area contributed by atoms with E-state index in [9.17, 15) is 0 Å². The molecule has 0 N–H and O–H groups in total. The summed E-state index contributed by atoms with van der Waals surface area (Å²) in [7, 11) is 1.90. The summed E-state index contributed by atoms with van der Waals surface area (Å²) in [5.74, 6) is 2.87. The van der Waals surface area contributed by atoms with E-state index in [1.54, 1.807) is 11.0 Å². The quantitative estimate of drug-likeness (QED) is 0.700. The van der Waals surface area contributed by atoms with Crippen LogP contribution < -0.4 is 9.47 Å². The number of rotatable bonds is 5. The number of nitrogens with zero attached hydrogens (tertiary/aromatic N) is 6. The zero-order valence-corrected chi connectivity index (χ0v) is 15.2. The third-order valence-electron chi connectivity index (χ3n) is 4.41. The summed E-state index contributed by atoms with van der Waals surface area (Å²) in [6.07, 6.45) is 4.42. The fourth-order valence-electron chi connectivity index (χ4n) is 3.15. The van der Waals surface area contributed by atoms with E-state index in [1.165, 1.54) is 0 Å². The Bertz CT molecular complexity index is 901. The molecule has 2 aromatic heterocycles. The van der Waals surface area contributed by atoms with Crippen molar-refractivity contribution in [3.8, 4) is 22.8 Å². The van der Waals surface area contributed by atoms with Gasteiger partial charge in [-0.3, -0.25) is 4.68 Å². The smallest absolute Gasteiger partial charge is 0.162 e. The van der Waals surface area contributed by atoms with Crippen LogP contribution in [0.4, 0.5) is 0 Å². The van der Waals surface area contributed by atoms with Gasteiger partial charge in [0.15, 0.2) is 17.3 Å². The van der Waals surface area contributed by atoms with Crippen molar-refractivity contribution in [3.63, 3.8) is 0 Å². The fourth-order valence-corrected chi connectivity index (χ4v) is 3.15. The van der Waals surface area contributed by atoms with Gasteiger partial charge in [-0.1, -0.05) is 19.1 Å². The van der Waals surface area contributed by atoms with Crippen LogP contribution in [0.2, 0.25) is 0 Å². The van der Waals surface area contributed by atoms with E-state index in [2.05, 4.69) is 34.2 Å². The fraction of sp³-hybridized carbons (Fsp3) is 0.444. The molecule has 8 nitrogen and oxygen atoms in total. The molecule has 3 aromatic rings. The van der Waals surface area contributed by atoms with Crippen LogP contribution in [0.5, 0.6) is 11.5 Å². The van der Waals surface area contributed by atoms with Gasteiger partial charge in [0.1, 0.15) is 31.3 Å². The zero-order valence-electron chi connectivity index (χ0n) is 15.2. The normalized spacial score (nSPS) is 14.6. The SMILES string of the molecule is CC(C)CC(c1ncnn1C)n1cc(-c2ccc3c(c2)OCCO3)nn1. The molecule has 0 saturated heterocycles. The van der Waals surface area contributed by atoms with Crippen LogP contribution >= 0.6 is 0 Å². The molecule has 1 aromatic carbocycles. The Morgan fingerprint density at radius 1 is 1.15 bits per heavy atom. The Labute approximate surface area is 151 Å². The lowest BCUT2D eigenvalue weighted by atomic mass is 10.0. The number of aryl methyl sites for hydroxylation is 1. The molecule has 0 spiro atoms. The minimum atomic E-state index is -0.0130. The highest BCUT2D eigenvalue weighted by atomic mass is 16.6. The number of benzene rings is 1. The molecule has 26 heavy (non-hydrogen) atoms. The average molecular weight is 354 g/mol. The van der Waals surface area contributed by atoms with Gasteiger partial charge in [0.05, 0.1) is 6.20 Å². The first-order valence-corrected chi connectivity index (χ1v) is 8.77. The Balaban J connectivity index is 1.66. The predicted octanol–water partition coefficient (Wildman–Crippen LogP) is 2.48. The molecule has 136 valence electrons. The van der Waals surface area contributed by atoms with Gasteiger partial charge in [-0.2, -0.15) is 5.10 Å². The van der Waals surface area contributed by atoms with Crippen molar-refractivity contribution in [2.45, 2.75) is 26.3 Å². The summed E-state index contributed by atoms with van der Waals surface area (Å²) in [5, 5.41) is 12.9. The monoisotopic (exact) mass is 354 g/mol. The molecule has 0 aliphatic carbocycles. The summed E-state index contributed by atoms with van der Waals surface area (Å²) in [6.45, 7) is 5.51. The summed E-state index contributed by atoms with van der Waals surface area (Å²) >= 11 is 0. The van der Waals surface area contributed by atoms with E-state index >= 15 is 0 Å². The number of aromatic nitrogens is 6. The summed E-state index contributed by atoms with van der Waals surface area (Å²) < 4.78 is 14.9. The topological polar surface area (TPSA) is 79.9 Å². The summed E-state index contributed by atoms with van der Waals surface area (Å²) in [6, 6.07) is 5.82. The number of fused-ring (bicyclic) bond motifs is 1. The van der Waals surface area contributed by atoms with Crippen molar-refractivity contribution in [2.75, 3.05) is 13.2 Å². The highest BCUT2D eigenvalue weighted by Gasteiger charge is 2.22. The Kier molecular flexibility index (Phi) is 4.32. The zero-order chi connectivity index (χ0) is 18.1. The molecule has 1 atom stereocenters. The molecular weight excluding hydrogens is 332 g/mol. The lowest BCUT2D eigenvalue weighted by molar-refractivity contribution is 0.171. The summed E-state index contributed by atoms with van der Waals surface area (Å²) in [5.41, 5.74) is 1.74. The Hall–Kier alpha value is -2.90. The molecule has 0 fully saturated rings. The molecule has 1 aliphatic heterocycles. The highest BCUT2D eigenvalue weighted by molar-refractivity contribution is 5.63. The lowest BCUT2D eigenvalue weighted by Crippen LogP contribution is -2.18. The molecule has 0 radical (unpaired) electrons. The summed E-state index contributed by atoms with van der Waals surface area (Å²) in [4.78, 5) is 4.41. The van der Waals surface area contributed by atoms with Crippen molar-refractivity contribution < 1.29 is 9.47 Å². The molecule has 0 saturated carbocycles. The van der Waals surface area contributed by atoms with Gasteiger partial charge in [-0.05, 0) is 30.5 Å². The molecular formula is C18H22N6O2. The second-order valence-corrected chi connectivity index (χ2v) is 6.83. The van der Waals surface area contributed by atoms with Crippen LogP contribution in [0.15, 0.2) is 30.7 Å². The first-order chi connectivity index (χ1) is 12.6. The maximum atomic E-state index is 5.67. The third kappa shape index (κ3) is 3.14. The van der Waals surface area contributed by atoms with E-state index in [1.807, 2.05) is 36.1 Å². The van der Waals surface area contributed by atoms with Crippen LogP contribution in [0, 0.1) is 5.92 Å². The average Bonchev–Trinajstić information content (AvgIpc) is 3.28. The van der Waals surface area contributed by atoms with Gasteiger partial charge in [-0.15, -0.1) is 5.10 Å². The van der Waals surface area contributed by atoms with Gasteiger partial charge in [0.2, 0.25) is 0 Å². The van der Waals surface area contributed by atoms with E-state index in [-0.39, 0.29) is 6.04 Å². The van der Waals surface area contributed by atoms with Crippen molar-refractivity contribution in [2.24, 2.45) is 13.0 Å². The van der Waals surface area contributed by atoms with Crippen LogP contribution in [-0.2, 0) is 7.05 Å². The second-order valence-electron chi connectivity index (χ2n) is 6.83. The first-order valence-electron chi connectivity index (χ1n) is 8.77. The third-order valence-corrected chi connectivity index (χ3v) is 4.41. The minimum absolute atomic E-state index is 0.0130. The molecule has 8 heteroatoms. The molecule has 1 unspecified atom stereocenters. The van der Waals surface area contributed by atoms with Crippen LogP contribution in [0.1, 0.15) is 32.1 Å². The largest absolute Gasteiger partial charge is 0.486 e. The van der Waals surface area contributed by atoms with Crippen LogP contribution in [0.25, 0.3) is 11.3 Å². The number of hydrogen-bond donors (Lipinski definition) is 0. The number of ether oxygens (including phenoxy) is 2. The van der Waals surface area contributed by atoms with Crippen LogP contribution in [-0.4, -0.2) is 43.0 Å². The van der Waals surface area contributed by atoms with Gasteiger partial charge in [0.25, 0.3) is 0 Å². The van der Waals surface area contributed by atoms with E-state index < -0.39 is 0 Å². The van der Waals surface area contributed by atoms with Crippen LogP contribution in [0.3, 0.4) is 0 Å². The maximum Gasteiger partial charge on any atom is 0.162 e. The van der Waals surface area contributed by atoms with Gasteiger partial charge >= 0.3 is 0 Å². The second kappa shape index (κ2) is 6.78. The van der Waals surface area contributed by atoms with Crippen molar-refractivity contribution in [3.05, 3.63) is 36.5 Å². The molecule has 0 amide bonds. The highest BCUT2D eigenvalue weighted by Crippen LogP contribution is 2.34. The lowest BCUT2D eigenvalue weighted by Gasteiger charge is -2.18. The molecule has 4 rings (SSSR count). The predicted molar refractivity (Wildman–Crippen MR) is 95.0 cm³/mol. The van der Waals surface area contributed by atoms with Gasteiger partial charge in [0, 0.05) is 12.6 Å². The Morgan fingerprint density at radius 3 is 2.69 bits per heavy atom. The molecule has 1 aliphatic rings. The maximum absolute atomic E-state index is 5.67. The van der Waals surface area contributed by atoms with Crippen molar-refractivity contribution >= 4 is 0 Å². The van der Waals surface area contributed by atoms with E-state index in [0.717, 1.165) is 35.0 Å². The van der Waals surface area contributed by atoms with Crippen molar-refractivity contribution in [1.82, 2.24) is 29.8 Å². The Morgan fingerprint density at radius 2 is 1.96 bits per heavy atom.